The Kier molecular flexibility index (Phi) is 7.78. The van der Waals surface area contributed by atoms with E-state index >= 15 is 0 Å². The number of nitrogens with zero attached hydrogens (tertiary/aromatic N) is 2. The van der Waals surface area contributed by atoms with Crippen molar-refractivity contribution in [2.45, 2.75) is 45.2 Å². The maximum atomic E-state index is 14.0. The van der Waals surface area contributed by atoms with Crippen LogP contribution in [0.25, 0.3) is 21.8 Å². The van der Waals surface area contributed by atoms with Crippen molar-refractivity contribution in [3.8, 4) is 0 Å². The van der Waals surface area contributed by atoms with Crippen LogP contribution in [-0.4, -0.2) is 61.5 Å². The van der Waals surface area contributed by atoms with Gasteiger partial charge in [0, 0.05) is 36.6 Å². The van der Waals surface area contributed by atoms with Gasteiger partial charge in [0.2, 0.25) is 11.8 Å². The van der Waals surface area contributed by atoms with Crippen LogP contribution in [0.5, 0.6) is 0 Å². The molecule has 5 rings (SSSR count). The van der Waals surface area contributed by atoms with Gasteiger partial charge in [-0.2, -0.15) is 0 Å². The molecule has 1 aliphatic heterocycles. The Morgan fingerprint density at radius 2 is 1.61 bits per heavy atom. The molecule has 2 amide bonds. The summed E-state index contributed by atoms with van der Waals surface area (Å²) in [6.07, 6.45) is 2.46. The molecule has 214 valence electrons. The first-order chi connectivity index (χ1) is 19.7. The second-order valence-corrected chi connectivity index (χ2v) is 10.9. The average Bonchev–Trinajstić information content (AvgIpc) is 3.37. The Labute approximate surface area is 235 Å². The predicted molar refractivity (Wildman–Crippen MR) is 154 cm³/mol. The van der Waals surface area contributed by atoms with Crippen LogP contribution in [0, 0.1) is 11.8 Å². The summed E-state index contributed by atoms with van der Waals surface area (Å²) < 4.78 is 0.930. The van der Waals surface area contributed by atoms with E-state index in [-0.39, 0.29) is 36.7 Å². The van der Waals surface area contributed by atoms with Crippen molar-refractivity contribution in [2.24, 2.45) is 11.8 Å². The first-order valence-corrected chi connectivity index (χ1v) is 13.8. The summed E-state index contributed by atoms with van der Waals surface area (Å²) in [4.78, 5) is 73.2. The summed E-state index contributed by atoms with van der Waals surface area (Å²) in [5.41, 5.74) is 0.624. The minimum absolute atomic E-state index is 0.0280. The summed E-state index contributed by atoms with van der Waals surface area (Å²) in [5, 5.41) is 13.3. The molecule has 11 heteroatoms. The van der Waals surface area contributed by atoms with Crippen LogP contribution in [0.15, 0.2) is 64.3 Å². The Bertz CT molecular complexity index is 1730. The van der Waals surface area contributed by atoms with Crippen molar-refractivity contribution < 1.29 is 19.5 Å². The number of aromatic nitrogens is 3. The second-order valence-electron chi connectivity index (χ2n) is 10.9. The van der Waals surface area contributed by atoms with Crippen LogP contribution in [-0.2, 0) is 20.8 Å². The highest BCUT2D eigenvalue weighted by atomic mass is 16.4. The van der Waals surface area contributed by atoms with Crippen molar-refractivity contribution >= 4 is 39.6 Å². The number of carbonyl (C=O) groups is 3. The van der Waals surface area contributed by atoms with E-state index in [1.165, 1.54) is 0 Å². The number of para-hydroxylation sites is 2. The zero-order valence-electron chi connectivity index (χ0n) is 22.9. The number of amides is 2. The van der Waals surface area contributed by atoms with Gasteiger partial charge in [0.15, 0.2) is 0 Å². The number of hydrogen-bond donors (Lipinski definition) is 4. The Morgan fingerprint density at radius 1 is 0.976 bits per heavy atom. The molecule has 1 aliphatic rings. The van der Waals surface area contributed by atoms with E-state index in [4.69, 9.17) is 0 Å². The van der Waals surface area contributed by atoms with E-state index in [0.29, 0.717) is 18.4 Å². The van der Waals surface area contributed by atoms with Gasteiger partial charge in [-0.3, -0.25) is 19.2 Å². The molecule has 11 nitrogen and oxygen atoms in total. The summed E-state index contributed by atoms with van der Waals surface area (Å²) in [6.45, 7) is 4.15. The number of fused-ring (bicyclic) bond motifs is 2. The number of hydrogen-bond acceptors (Lipinski definition) is 5. The molecule has 4 aromatic rings. The van der Waals surface area contributed by atoms with Crippen LogP contribution in [0.3, 0.4) is 0 Å². The van der Waals surface area contributed by atoms with Crippen molar-refractivity contribution in [2.75, 3.05) is 13.1 Å². The number of aliphatic carboxylic acids is 1. The van der Waals surface area contributed by atoms with Crippen molar-refractivity contribution in [1.29, 1.82) is 0 Å². The van der Waals surface area contributed by atoms with E-state index in [0.717, 1.165) is 21.0 Å². The first-order valence-electron chi connectivity index (χ1n) is 13.8. The minimum atomic E-state index is -1.25. The number of nitrogens with one attached hydrogen (secondary N) is 3. The first kappa shape index (κ1) is 27.9. The number of likely N-dealkylation sites (tertiary alicyclic amines) is 1. The molecule has 0 saturated carbocycles. The van der Waals surface area contributed by atoms with E-state index in [1.807, 2.05) is 24.3 Å². The molecule has 2 aromatic heterocycles. The van der Waals surface area contributed by atoms with Crippen molar-refractivity contribution in [3.05, 3.63) is 81.1 Å². The zero-order chi connectivity index (χ0) is 29.3. The van der Waals surface area contributed by atoms with Crippen molar-refractivity contribution in [1.82, 2.24) is 24.8 Å². The van der Waals surface area contributed by atoms with E-state index in [2.05, 4.69) is 15.3 Å². The number of aromatic amines is 2. The summed E-state index contributed by atoms with van der Waals surface area (Å²) in [7, 11) is 0. The largest absolute Gasteiger partial charge is 0.481 e. The monoisotopic (exact) mass is 559 g/mol. The van der Waals surface area contributed by atoms with Crippen LogP contribution >= 0.6 is 0 Å². The topological polar surface area (TPSA) is 157 Å². The molecule has 0 spiro atoms. The molecule has 0 bridgehead atoms. The maximum absolute atomic E-state index is 14.0. The molecule has 2 aromatic carbocycles. The van der Waals surface area contributed by atoms with Gasteiger partial charge in [-0.25, -0.2) is 9.36 Å². The third kappa shape index (κ3) is 5.52. The lowest BCUT2D eigenvalue weighted by atomic mass is 9.95. The van der Waals surface area contributed by atoms with Crippen molar-refractivity contribution in [3.63, 3.8) is 0 Å². The molecule has 1 saturated heterocycles. The Morgan fingerprint density at radius 3 is 2.27 bits per heavy atom. The molecule has 4 N–H and O–H groups in total. The average molecular weight is 560 g/mol. The van der Waals surface area contributed by atoms with Gasteiger partial charge < -0.3 is 25.3 Å². The molecule has 3 heterocycles. The fourth-order valence-electron chi connectivity index (χ4n) is 5.58. The lowest BCUT2D eigenvalue weighted by molar-refractivity contribution is -0.146. The van der Waals surface area contributed by atoms with Gasteiger partial charge >= 0.3 is 11.7 Å². The standard InChI is InChI=1S/C30H33N5O6/c1-17(2)25(28(38)34-13-11-18(12-14-34)29(39)40)33-26(36)24(15-19-16-31-22-9-5-3-7-20(19)22)35-27(37)21-8-4-6-10-23(21)32-30(35)41/h3-10,16-18,24-25,31H,11-15H2,1-2H3,(H,32,41)(H,33,36)(H,39,40). The second kappa shape index (κ2) is 11.4. The van der Waals surface area contributed by atoms with E-state index in [9.17, 15) is 29.1 Å². The molecular weight excluding hydrogens is 526 g/mol. The predicted octanol–water partition coefficient (Wildman–Crippen LogP) is 2.42. The van der Waals surface area contributed by atoms with Gasteiger partial charge in [-0.15, -0.1) is 0 Å². The number of rotatable bonds is 8. The van der Waals surface area contributed by atoms with Crippen LogP contribution < -0.4 is 16.6 Å². The number of piperidine rings is 1. The van der Waals surface area contributed by atoms with Crippen LogP contribution in [0.4, 0.5) is 0 Å². The SMILES string of the molecule is CC(C)C(NC(=O)C(Cc1c[nH]c2ccccc12)n1c(=O)[nH]c2ccccc2c1=O)C(=O)N1CCC(C(=O)O)CC1. The summed E-state index contributed by atoms with van der Waals surface area (Å²) in [5.74, 6) is -2.63. The smallest absolute Gasteiger partial charge is 0.329 e. The minimum Gasteiger partial charge on any atom is -0.481 e. The number of benzene rings is 2. The molecule has 41 heavy (non-hydrogen) atoms. The van der Waals surface area contributed by atoms with Gasteiger partial charge in [-0.05, 0) is 42.5 Å². The molecule has 0 radical (unpaired) electrons. The van der Waals surface area contributed by atoms with E-state index < -0.39 is 41.1 Å². The highest BCUT2D eigenvalue weighted by Crippen LogP contribution is 2.24. The number of H-pyrrole nitrogens is 2. The van der Waals surface area contributed by atoms with Gasteiger partial charge in [-0.1, -0.05) is 44.2 Å². The lowest BCUT2D eigenvalue weighted by Gasteiger charge is -2.34. The van der Waals surface area contributed by atoms with E-state index in [1.54, 1.807) is 49.2 Å². The highest BCUT2D eigenvalue weighted by Gasteiger charge is 2.35. The number of carboxylic acid groups (broad SMARTS) is 1. The number of carboxylic acids is 1. The zero-order valence-corrected chi connectivity index (χ0v) is 22.9. The third-order valence-corrected chi connectivity index (χ3v) is 7.93. The highest BCUT2D eigenvalue weighted by molar-refractivity contribution is 5.91. The molecular formula is C30H33N5O6. The number of carbonyl (C=O) groups excluding carboxylic acids is 2. The molecule has 0 aliphatic carbocycles. The Balaban J connectivity index is 1.50. The van der Waals surface area contributed by atoms with Crippen LogP contribution in [0.1, 0.15) is 38.3 Å². The quantitative estimate of drug-likeness (QED) is 0.260. The fraction of sp³-hybridized carbons (Fsp3) is 0.367. The lowest BCUT2D eigenvalue weighted by Crippen LogP contribution is -2.55. The maximum Gasteiger partial charge on any atom is 0.329 e. The normalized spacial score (nSPS) is 15.7. The molecule has 1 fully saturated rings. The van der Waals surface area contributed by atoms with Gasteiger partial charge in [0.05, 0.1) is 16.8 Å². The molecule has 2 atom stereocenters. The van der Waals surface area contributed by atoms with Gasteiger partial charge in [0.1, 0.15) is 12.1 Å². The van der Waals surface area contributed by atoms with Crippen LogP contribution in [0.2, 0.25) is 0 Å². The van der Waals surface area contributed by atoms with Gasteiger partial charge in [0.25, 0.3) is 5.56 Å². The summed E-state index contributed by atoms with van der Waals surface area (Å²) in [6, 6.07) is 12.0. The fourth-order valence-corrected chi connectivity index (χ4v) is 5.58. The summed E-state index contributed by atoms with van der Waals surface area (Å²) >= 11 is 0. The Hall–Kier alpha value is -4.67. The molecule has 2 unspecified atom stereocenters. The third-order valence-electron chi connectivity index (χ3n) is 7.93.